The van der Waals surface area contributed by atoms with Crippen LogP contribution in [0.5, 0.6) is 0 Å². The zero-order valence-corrected chi connectivity index (χ0v) is 14.0. The first kappa shape index (κ1) is 17.0. The molecule has 0 bridgehead atoms. The highest BCUT2D eigenvalue weighted by molar-refractivity contribution is 6.09. The van der Waals surface area contributed by atoms with Gasteiger partial charge in [-0.05, 0) is 32.8 Å². The molecule has 1 aliphatic heterocycles. The van der Waals surface area contributed by atoms with E-state index in [1.807, 2.05) is 45.9 Å². The fraction of sp³-hybridized carbons (Fsp3) is 0.471. The van der Waals surface area contributed by atoms with Crippen LogP contribution in [0.1, 0.15) is 39.7 Å². The zero-order valence-electron chi connectivity index (χ0n) is 14.0. The molecule has 0 unspecified atom stereocenters. The van der Waals surface area contributed by atoms with E-state index in [1.54, 1.807) is 12.1 Å². The number of carbonyl (C=O) groups is 3. The molecule has 6 nitrogen and oxygen atoms in total. The van der Waals surface area contributed by atoms with Gasteiger partial charge in [0.1, 0.15) is 12.1 Å². The first-order valence-corrected chi connectivity index (χ1v) is 7.70. The first-order valence-electron chi connectivity index (χ1n) is 7.70. The summed E-state index contributed by atoms with van der Waals surface area (Å²) in [5, 5.41) is 5.52. The predicted octanol–water partition coefficient (Wildman–Crippen LogP) is 1.76. The maximum atomic E-state index is 12.8. The summed E-state index contributed by atoms with van der Waals surface area (Å²) < 4.78 is 0. The van der Waals surface area contributed by atoms with E-state index in [0.717, 1.165) is 10.5 Å². The highest BCUT2D eigenvalue weighted by atomic mass is 16.2. The number of rotatable bonds is 4. The van der Waals surface area contributed by atoms with Gasteiger partial charge in [0, 0.05) is 5.54 Å². The molecule has 23 heavy (non-hydrogen) atoms. The van der Waals surface area contributed by atoms with Gasteiger partial charge in [-0.2, -0.15) is 0 Å². The van der Waals surface area contributed by atoms with E-state index in [4.69, 9.17) is 0 Å². The van der Waals surface area contributed by atoms with Crippen LogP contribution >= 0.6 is 0 Å². The van der Waals surface area contributed by atoms with Gasteiger partial charge in [-0.15, -0.1) is 0 Å². The Hall–Kier alpha value is -2.37. The van der Waals surface area contributed by atoms with Crippen LogP contribution in [0, 0.1) is 0 Å². The molecule has 1 atom stereocenters. The number of benzene rings is 1. The molecule has 1 aromatic carbocycles. The Morgan fingerprint density at radius 2 is 1.83 bits per heavy atom. The van der Waals surface area contributed by atoms with E-state index in [0.29, 0.717) is 6.42 Å². The summed E-state index contributed by atoms with van der Waals surface area (Å²) in [7, 11) is 0. The Balaban J connectivity index is 2.24. The number of carbonyl (C=O) groups excluding carboxylic acids is 3. The highest BCUT2D eigenvalue weighted by Crippen LogP contribution is 2.32. The van der Waals surface area contributed by atoms with Crippen LogP contribution in [-0.2, 0) is 15.1 Å². The van der Waals surface area contributed by atoms with Crippen LogP contribution in [0.2, 0.25) is 0 Å². The lowest BCUT2D eigenvalue weighted by Crippen LogP contribution is -2.48. The SMILES string of the molecule is CC[C@]1(c2ccccc2)NC(=O)N(CC(=O)NC(C)(C)C)C1=O. The van der Waals surface area contributed by atoms with Crippen LogP contribution in [0.15, 0.2) is 30.3 Å². The second-order valence-corrected chi connectivity index (χ2v) is 6.74. The van der Waals surface area contributed by atoms with Gasteiger partial charge in [0.05, 0.1) is 0 Å². The van der Waals surface area contributed by atoms with E-state index >= 15 is 0 Å². The Labute approximate surface area is 136 Å². The van der Waals surface area contributed by atoms with E-state index in [-0.39, 0.29) is 18.4 Å². The van der Waals surface area contributed by atoms with E-state index < -0.39 is 17.1 Å². The Bertz CT molecular complexity index is 622. The minimum Gasteiger partial charge on any atom is -0.350 e. The number of hydrogen-bond donors (Lipinski definition) is 2. The molecule has 2 rings (SSSR count). The van der Waals surface area contributed by atoms with Gasteiger partial charge in [-0.25, -0.2) is 4.79 Å². The van der Waals surface area contributed by atoms with Crippen molar-refractivity contribution in [2.75, 3.05) is 6.54 Å². The van der Waals surface area contributed by atoms with E-state index in [9.17, 15) is 14.4 Å². The third-order valence-corrected chi connectivity index (χ3v) is 3.79. The molecule has 1 fully saturated rings. The van der Waals surface area contributed by atoms with Gasteiger partial charge in [0.2, 0.25) is 5.91 Å². The molecule has 1 aliphatic rings. The fourth-order valence-corrected chi connectivity index (χ4v) is 2.73. The van der Waals surface area contributed by atoms with Crippen molar-refractivity contribution in [3.05, 3.63) is 35.9 Å². The van der Waals surface area contributed by atoms with Crippen molar-refractivity contribution in [2.45, 2.75) is 45.2 Å². The van der Waals surface area contributed by atoms with Crippen molar-refractivity contribution in [3.63, 3.8) is 0 Å². The van der Waals surface area contributed by atoms with Gasteiger partial charge < -0.3 is 10.6 Å². The standard InChI is InChI=1S/C17H23N3O3/c1-5-17(12-9-7-6-8-10-12)14(22)20(15(23)19-17)11-13(21)18-16(2,3)4/h6-10H,5,11H2,1-4H3,(H,18,21)(H,19,23)/t17-/m1/s1. The van der Waals surface area contributed by atoms with Gasteiger partial charge >= 0.3 is 6.03 Å². The van der Waals surface area contributed by atoms with Gasteiger partial charge in [-0.1, -0.05) is 37.3 Å². The predicted molar refractivity (Wildman–Crippen MR) is 86.6 cm³/mol. The lowest BCUT2D eigenvalue weighted by Gasteiger charge is -2.26. The minimum atomic E-state index is -1.10. The van der Waals surface area contributed by atoms with E-state index in [2.05, 4.69) is 10.6 Å². The third-order valence-electron chi connectivity index (χ3n) is 3.79. The molecule has 6 heteroatoms. The summed E-state index contributed by atoms with van der Waals surface area (Å²) in [6.07, 6.45) is 0.416. The van der Waals surface area contributed by atoms with Crippen molar-refractivity contribution < 1.29 is 14.4 Å². The maximum Gasteiger partial charge on any atom is 0.325 e. The Morgan fingerprint density at radius 1 is 1.22 bits per heavy atom. The molecule has 1 saturated heterocycles. The van der Waals surface area contributed by atoms with Crippen LogP contribution in [0.25, 0.3) is 0 Å². The van der Waals surface area contributed by atoms with Gasteiger partial charge in [0.15, 0.2) is 0 Å². The second-order valence-electron chi connectivity index (χ2n) is 6.74. The number of hydrogen-bond acceptors (Lipinski definition) is 3. The molecule has 124 valence electrons. The van der Waals surface area contributed by atoms with Crippen molar-refractivity contribution in [3.8, 4) is 0 Å². The zero-order chi connectivity index (χ0) is 17.3. The number of imide groups is 1. The van der Waals surface area contributed by atoms with Crippen molar-refractivity contribution in [2.24, 2.45) is 0 Å². The largest absolute Gasteiger partial charge is 0.350 e. The highest BCUT2D eigenvalue weighted by Gasteiger charge is 2.51. The molecular formula is C17H23N3O3. The van der Waals surface area contributed by atoms with Crippen LogP contribution in [-0.4, -0.2) is 34.8 Å². The summed E-state index contributed by atoms with van der Waals surface area (Å²) in [4.78, 5) is 38.1. The van der Waals surface area contributed by atoms with Crippen molar-refractivity contribution in [1.29, 1.82) is 0 Å². The first-order chi connectivity index (χ1) is 10.7. The van der Waals surface area contributed by atoms with Crippen molar-refractivity contribution >= 4 is 17.8 Å². The average Bonchev–Trinajstić information content (AvgIpc) is 2.71. The lowest BCUT2D eigenvalue weighted by molar-refractivity contribution is -0.135. The Kier molecular flexibility index (Phi) is 4.45. The second kappa shape index (κ2) is 6.02. The molecule has 0 radical (unpaired) electrons. The van der Waals surface area contributed by atoms with E-state index in [1.165, 1.54) is 0 Å². The fourth-order valence-electron chi connectivity index (χ4n) is 2.73. The molecular weight excluding hydrogens is 294 g/mol. The smallest absolute Gasteiger partial charge is 0.325 e. The minimum absolute atomic E-state index is 0.281. The molecule has 1 heterocycles. The van der Waals surface area contributed by atoms with Crippen molar-refractivity contribution in [1.82, 2.24) is 15.5 Å². The molecule has 0 aliphatic carbocycles. The summed E-state index contributed by atoms with van der Waals surface area (Å²) in [6, 6.07) is 8.57. The summed E-state index contributed by atoms with van der Waals surface area (Å²) >= 11 is 0. The molecule has 4 amide bonds. The number of amides is 4. The number of nitrogens with one attached hydrogen (secondary N) is 2. The maximum absolute atomic E-state index is 12.8. The molecule has 0 aromatic heterocycles. The molecule has 1 aromatic rings. The average molecular weight is 317 g/mol. The number of urea groups is 1. The summed E-state index contributed by atoms with van der Waals surface area (Å²) in [6.45, 7) is 7.09. The summed E-state index contributed by atoms with van der Waals surface area (Å²) in [5.74, 6) is -0.749. The third kappa shape index (κ3) is 3.36. The molecule has 0 spiro atoms. The quantitative estimate of drug-likeness (QED) is 0.831. The Morgan fingerprint density at radius 3 is 2.35 bits per heavy atom. The van der Waals surface area contributed by atoms with Crippen LogP contribution < -0.4 is 10.6 Å². The lowest BCUT2D eigenvalue weighted by atomic mass is 9.87. The molecule has 2 N–H and O–H groups in total. The monoisotopic (exact) mass is 317 g/mol. The van der Waals surface area contributed by atoms with Gasteiger partial charge in [-0.3, -0.25) is 14.5 Å². The molecule has 0 saturated carbocycles. The number of nitrogens with zero attached hydrogens (tertiary/aromatic N) is 1. The topological polar surface area (TPSA) is 78.5 Å². The normalized spacial score (nSPS) is 21.3. The van der Waals surface area contributed by atoms with Gasteiger partial charge in [0.25, 0.3) is 5.91 Å². The van der Waals surface area contributed by atoms with Crippen LogP contribution in [0.3, 0.4) is 0 Å². The van der Waals surface area contributed by atoms with Crippen LogP contribution in [0.4, 0.5) is 4.79 Å². The summed E-state index contributed by atoms with van der Waals surface area (Å²) in [5.41, 5.74) is -0.794.